The fourth-order valence-corrected chi connectivity index (χ4v) is 1.25. The van der Waals surface area contributed by atoms with Crippen LogP contribution in [0.1, 0.15) is 33.1 Å². The molecule has 4 nitrogen and oxygen atoms in total. The molecule has 0 aliphatic heterocycles. The van der Waals surface area contributed by atoms with Gasteiger partial charge in [-0.25, -0.2) is 0 Å². The smallest absolute Gasteiger partial charge is 0.310 e. The van der Waals surface area contributed by atoms with E-state index in [1.165, 1.54) is 0 Å². The van der Waals surface area contributed by atoms with Crippen molar-refractivity contribution in [3.63, 3.8) is 0 Å². The standard InChI is InChI=1S/C9H19NO3/c1-3-9(6-10,8(12)13)5-4-7(2)11/h7,11H,3-6,10H2,1-2H3,(H,12,13). The van der Waals surface area contributed by atoms with E-state index in [-0.39, 0.29) is 6.54 Å². The Balaban J connectivity index is 4.31. The third-order valence-corrected chi connectivity index (χ3v) is 2.56. The molecule has 0 aliphatic rings. The summed E-state index contributed by atoms with van der Waals surface area (Å²) in [5.41, 5.74) is 4.59. The molecule has 13 heavy (non-hydrogen) atoms. The summed E-state index contributed by atoms with van der Waals surface area (Å²) in [6, 6.07) is 0. The molecule has 0 rings (SSSR count). The first-order valence-corrected chi connectivity index (χ1v) is 4.60. The minimum atomic E-state index is -0.863. The van der Waals surface area contributed by atoms with E-state index in [4.69, 9.17) is 15.9 Å². The van der Waals surface area contributed by atoms with Crippen molar-refractivity contribution in [3.05, 3.63) is 0 Å². The molecule has 0 aromatic carbocycles. The number of carbonyl (C=O) groups is 1. The van der Waals surface area contributed by atoms with Crippen LogP contribution in [-0.2, 0) is 4.79 Å². The lowest BCUT2D eigenvalue weighted by Crippen LogP contribution is -2.38. The van der Waals surface area contributed by atoms with Gasteiger partial charge in [0.2, 0.25) is 0 Å². The van der Waals surface area contributed by atoms with Crippen molar-refractivity contribution in [2.24, 2.45) is 11.1 Å². The van der Waals surface area contributed by atoms with Crippen LogP contribution in [0, 0.1) is 5.41 Å². The van der Waals surface area contributed by atoms with Crippen LogP contribution in [0.3, 0.4) is 0 Å². The molecule has 4 heteroatoms. The number of hydrogen-bond acceptors (Lipinski definition) is 3. The average molecular weight is 189 g/mol. The molecule has 78 valence electrons. The highest BCUT2D eigenvalue weighted by molar-refractivity contribution is 5.74. The molecule has 0 heterocycles. The second-order valence-electron chi connectivity index (χ2n) is 3.53. The summed E-state index contributed by atoms with van der Waals surface area (Å²) in [6.45, 7) is 3.59. The summed E-state index contributed by atoms with van der Waals surface area (Å²) >= 11 is 0. The monoisotopic (exact) mass is 189 g/mol. The summed E-state index contributed by atoms with van der Waals surface area (Å²) in [5, 5.41) is 18.0. The molecule has 2 atom stereocenters. The van der Waals surface area contributed by atoms with Crippen molar-refractivity contribution in [2.45, 2.75) is 39.2 Å². The zero-order valence-electron chi connectivity index (χ0n) is 8.29. The molecule has 0 aromatic heterocycles. The third-order valence-electron chi connectivity index (χ3n) is 2.56. The van der Waals surface area contributed by atoms with E-state index in [0.717, 1.165) is 0 Å². The van der Waals surface area contributed by atoms with Crippen LogP contribution in [0.2, 0.25) is 0 Å². The van der Waals surface area contributed by atoms with Gasteiger partial charge in [-0.1, -0.05) is 6.92 Å². The fourth-order valence-electron chi connectivity index (χ4n) is 1.25. The van der Waals surface area contributed by atoms with Crippen LogP contribution < -0.4 is 5.73 Å². The molecule has 0 aromatic rings. The van der Waals surface area contributed by atoms with Crippen LogP contribution in [0.4, 0.5) is 0 Å². The van der Waals surface area contributed by atoms with Gasteiger partial charge in [-0.2, -0.15) is 0 Å². The number of aliphatic hydroxyl groups is 1. The Hall–Kier alpha value is -0.610. The highest BCUT2D eigenvalue weighted by Gasteiger charge is 2.34. The lowest BCUT2D eigenvalue weighted by molar-refractivity contribution is -0.149. The summed E-state index contributed by atoms with van der Waals surface area (Å²) in [6.07, 6.45) is 0.965. The highest BCUT2D eigenvalue weighted by atomic mass is 16.4. The van der Waals surface area contributed by atoms with E-state index in [9.17, 15) is 4.79 Å². The fraction of sp³-hybridized carbons (Fsp3) is 0.889. The zero-order valence-corrected chi connectivity index (χ0v) is 8.29. The van der Waals surface area contributed by atoms with Gasteiger partial charge in [0, 0.05) is 6.54 Å². The van der Waals surface area contributed by atoms with Crippen LogP contribution >= 0.6 is 0 Å². The SMILES string of the molecule is CCC(CN)(CCC(C)O)C(=O)O. The largest absolute Gasteiger partial charge is 0.481 e. The number of carboxylic acids is 1. The molecule has 4 N–H and O–H groups in total. The maximum atomic E-state index is 10.9. The lowest BCUT2D eigenvalue weighted by atomic mass is 9.80. The van der Waals surface area contributed by atoms with Crippen molar-refractivity contribution in [1.29, 1.82) is 0 Å². The van der Waals surface area contributed by atoms with Gasteiger partial charge in [0.05, 0.1) is 11.5 Å². The Morgan fingerprint density at radius 3 is 2.38 bits per heavy atom. The second kappa shape index (κ2) is 5.19. The lowest BCUT2D eigenvalue weighted by Gasteiger charge is -2.26. The van der Waals surface area contributed by atoms with Crippen molar-refractivity contribution in [2.75, 3.05) is 6.54 Å². The van der Waals surface area contributed by atoms with Crippen LogP contribution in [0.5, 0.6) is 0 Å². The van der Waals surface area contributed by atoms with Crippen LogP contribution in [0.15, 0.2) is 0 Å². The molecular formula is C9H19NO3. The van der Waals surface area contributed by atoms with E-state index in [0.29, 0.717) is 19.3 Å². The second-order valence-corrected chi connectivity index (χ2v) is 3.53. The molecule has 0 radical (unpaired) electrons. The van der Waals surface area contributed by atoms with Crippen molar-refractivity contribution in [1.82, 2.24) is 0 Å². The van der Waals surface area contributed by atoms with Crippen LogP contribution in [-0.4, -0.2) is 28.8 Å². The Morgan fingerprint density at radius 2 is 2.15 bits per heavy atom. The maximum Gasteiger partial charge on any atom is 0.310 e. The Bertz CT molecular complexity index is 164. The van der Waals surface area contributed by atoms with Crippen molar-refractivity contribution in [3.8, 4) is 0 Å². The predicted molar refractivity (Wildman–Crippen MR) is 50.3 cm³/mol. The highest BCUT2D eigenvalue weighted by Crippen LogP contribution is 2.27. The summed E-state index contributed by atoms with van der Waals surface area (Å²) in [4.78, 5) is 10.9. The number of aliphatic carboxylic acids is 1. The van der Waals surface area contributed by atoms with E-state index in [2.05, 4.69) is 0 Å². The minimum absolute atomic E-state index is 0.131. The molecule has 0 spiro atoms. The molecule has 0 bridgehead atoms. The van der Waals surface area contributed by atoms with Crippen molar-refractivity contribution >= 4 is 5.97 Å². The molecular weight excluding hydrogens is 170 g/mol. The number of nitrogens with two attached hydrogens (primary N) is 1. The maximum absolute atomic E-state index is 10.9. The van der Waals surface area contributed by atoms with E-state index in [1.54, 1.807) is 6.92 Å². The average Bonchev–Trinajstić information content (AvgIpc) is 2.06. The summed E-state index contributed by atoms with van der Waals surface area (Å²) < 4.78 is 0. The molecule has 0 amide bonds. The van der Waals surface area contributed by atoms with E-state index >= 15 is 0 Å². The number of hydrogen-bond donors (Lipinski definition) is 3. The van der Waals surface area contributed by atoms with Gasteiger partial charge in [0.1, 0.15) is 0 Å². The molecule has 0 saturated heterocycles. The van der Waals surface area contributed by atoms with Gasteiger partial charge in [-0.3, -0.25) is 4.79 Å². The van der Waals surface area contributed by atoms with E-state index in [1.807, 2.05) is 6.92 Å². The van der Waals surface area contributed by atoms with Gasteiger partial charge >= 0.3 is 5.97 Å². The summed E-state index contributed by atoms with van der Waals surface area (Å²) in [7, 11) is 0. The van der Waals surface area contributed by atoms with Gasteiger partial charge in [-0.05, 0) is 26.2 Å². The Labute approximate surface area is 78.7 Å². The first-order chi connectivity index (χ1) is 5.98. The first-order valence-electron chi connectivity index (χ1n) is 4.60. The third kappa shape index (κ3) is 3.32. The minimum Gasteiger partial charge on any atom is -0.481 e. The Morgan fingerprint density at radius 1 is 1.62 bits per heavy atom. The van der Waals surface area contributed by atoms with Gasteiger partial charge in [0.25, 0.3) is 0 Å². The molecule has 0 saturated carbocycles. The zero-order chi connectivity index (χ0) is 10.5. The number of aliphatic hydroxyl groups excluding tert-OH is 1. The van der Waals surface area contributed by atoms with E-state index < -0.39 is 17.5 Å². The summed E-state index contributed by atoms with van der Waals surface area (Å²) in [5.74, 6) is -0.863. The predicted octanol–water partition coefficient (Wildman–Crippen LogP) is 0.587. The Kier molecular flexibility index (Phi) is 4.95. The first kappa shape index (κ1) is 12.4. The van der Waals surface area contributed by atoms with Gasteiger partial charge in [0.15, 0.2) is 0 Å². The quantitative estimate of drug-likeness (QED) is 0.571. The topological polar surface area (TPSA) is 83.5 Å². The van der Waals surface area contributed by atoms with Gasteiger partial charge < -0.3 is 15.9 Å². The van der Waals surface area contributed by atoms with Crippen LogP contribution in [0.25, 0.3) is 0 Å². The molecule has 0 aliphatic carbocycles. The molecule has 0 fully saturated rings. The van der Waals surface area contributed by atoms with Gasteiger partial charge in [-0.15, -0.1) is 0 Å². The normalized spacial score (nSPS) is 17.8. The number of carboxylic acid groups (broad SMARTS) is 1. The molecule has 2 unspecified atom stereocenters. The number of rotatable bonds is 6. The van der Waals surface area contributed by atoms with Crippen molar-refractivity contribution < 1.29 is 15.0 Å².